The van der Waals surface area contributed by atoms with Gasteiger partial charge in [0.05, 0.1) is 13.4 Å². The monoisotopic (exact) mass is 606 g/mol. The summed E-state index contributed by atoms with van der Waals surface area (Å²) in [7, 11) is -1.12. The third-order valence-electron chi connectivity index (χ3n) is 8.97. The van der Waals surface area contributed by atoms with Gasteiger partial charge in [-0.2, -0.15) is 0 Å². The minimum Gasteiger partial charge on any atom is -0.454 e. The van der Waals surface area contributed by atoms with Crippen LogP contribution in [0, 0.1) is 0 Å². The minimum absolute atomic E-state index is 0.828. The molecule has 0 radical (unpaired) electrons. The normalized spacial score (nSPS) is 11.7. The van der Waals surface area contributed by atoms with Crippen LogP contribution in [0.3, 0.4) is 0 Å². The maximum Gasteiger partial charge on any atom is 0.162 e. The quantitative estimate of drug-likeness (QED) is 0.144. The summed E-state index contributed by atoms with van der Waals surface area (Å²) >= 11 is 0. The molecule has 0 fully saturated rings. The van der Waals surface area contributed by atoms with Crippen molar-refractivity contribution in [3.8, 4) is 22.4 Å². The summed E-state index contributed by atoms with van der Waals surface area (Å²) in [6.07, 6.45) is 0. The van der Waals surface area contributed by atoms with Gasteiger partial charge in [-0.3, -0.25) is 0 Å². The van der Waals surface area contributed by atoms with Crippen molar-refractivity contribution >= 4 is 67.4 Å². The van der Waals surface area contributed by atoms with Crippen LogP contribution in [0.1, 0.15) is 0 Å². The Balaban J connectivity index is 1.19. The molecule has 3 heteroatoms. The average Bonchev–Trinajstić information content (AvgIpc) is 3.53. The maximum atomic E-state index is 6.57. The molecule has 9 aromatic rings. The number of hydrogen-bond acceptors (Lipinski definition) is 2. The fourth-order valence-corrected chi connectivity index (χ4v) is 9.35. The van der Waals surface area contributed by atoms with Crippen LogP contribution in [0.2, 0.25) is 0 Å². The zero-order valence-electron chi connectivity index (χ0n) is 25.0. The molecule has 0 saturated heterocycles. The molecule has 0 aliphatic rings. The van der Waals surface area contributed by atoms with Crippen LogP contribution < -0.4 is 15.9 Å². The van der Waals surface area contributed by atoms with Gasteiger partial charge in [-0.05, 0) is 65.0 Å². The predicted octanol–water partition coefficient (Wildman–Crippen LogP) is 10.1. The van der Waals surface area contributed by atoms with E-state index in [1.807, 2.05) is 12.1 Å². The Hall–Kier alpha value is -5.56. The first kappa shape index (κ1) is 26.8. The van der Waals surface area contributed by atoms with Gasteiger partial charge in [0.2, 0.25) is 0 Å². The maximum absolute atomic E-state index is 6.57. The average molecular weight is 607 g/mol. The van der Waals surface area contributed by atoms with E-state index in [9.17, 15) is 0 Å². The van der Waals surface area contributed by atoms with Gasteiger partial charge < -0.3 is 4.42 Å². The molecule has 0 aliphatic heterocycles. The molecule has 7 aromatic carbocycles. The van der Waals surface area contributed by atoms with Gasteiger partial charge in [0.15, 0.2) is 5.58 Å². The highest BCUT2D eigenvalue weighted by Crippen LogP contribution is 2.41. The SMILES string of the molecule is c1ccc([PH+](c2ccccc2)c2ccc(-c3cccc(-c4nc5c6ccccc6ccc5c5c4oc4ccccc45)c3)cc2)cc1. The van der Waals surface area contributed by atoms with Crippen molar-refractivity contribution < 1.29 is 4.42 Å². The Bertz CT molecular complexity index is 2480. The number of furan rings is 1. The fourth-order valence-electron chi connectivity index (χ4n) is 6.80. The summed E-state index contributed by atoms with van der Waals surface area (Å²) in [5.41, 5.74) is 6.95. The molecule has 2 heterocycles. The highest BCUT2D eigenvalue weighted by molar-refractivity contribution is 7.79. The van der Waals surface area contributed by atoms with Gasteiger partial charge in [-0.1, -0.05) is 121 Å². The van der Waals surface area contributed by atoms with Crippen molar-refractivity contribution in [1.82, 2.24) is 4.98 Å². The van der Waals surface area contributed by atoms with Crippen LogP contribution in [0.5, 0.6) is 0 Å². The van der Waals surface area contributed by atoms with E-state index >= 15 is 0 Å². The Morgan fingerprint density at radius 1 is 0.435 bits per heavy atom. The van der Waals surface area contributed by atoms with Crippen LogP contribution in [0.25, 0.3) is 66.0 Å². The van der Waals surface area contributed by atoms with E-state index in [4.69, 9.17) is 9.40 Å². The van der Waals surface area contributed by atoms with E-state index in [1.54, 1.807) is 0 Å². The smallest absolute Gasteiger partial charge is 0.162 e. The molecule has 2 aromatic heterocycles. The number of hydrogen-bond donors (Lipinski definition) is 0. The number of rotatable bonds is 5. The second-order valence-corrected chi connectivity index (χ2v) is 14.2. The van der Waals surface area contributed by atoms with Crippen LogP contribution in [0.4, 0.5) is 0 Å². The van der Waals surface area contributed by atoms with Crippen LogP contribution in [-0.2, 0) is 0 Å². The number of fused-ring (bicyclic) bond motifs is 7. The molecule has 0 spiro atoms. The van der Waals surface area contributed by atoms with Crippen LogP contribution >= 0.6 is 7.92 Å². The molecule has 0 amide bonds. The van der Waals surface area contributed by atoms with Gasteiger partial charge in [0.25, 0.3) is 0 Å². The topological polar surface area (TPSA) is 26.0 Å². The van der Waals surface area contributed by atoms with Crippen LogP contribution in [-0.4, -0.2) is 4.98 Å². The highest BCUT2D eigenvalue weighted by atomic mass is 31.1. The summed E-state index contributed by atoms with van der Waals surface area (Å²) < 4.78 is 6.57. The number of para-hydroxylation sites is 1. The van der Waals surface area contributed by atoms with Crippen LogP contribution in [0.15, 0.2) is 174 Å². The van der Waals surface area contributed by atoms with Crippen molar-refractivity contribution in [2.75, 3.05) is 0 Å². The van der Waals surface area contributed by atoms with Gasteiger partial charge in [0.1, 0.15) is 27.2 Å². The van der Waals surface area contributed by atoms with Crippen molar-refractivity contribution in [2.45, 2.75) is 0 Å². The van der Waals surface area contributed by atoms with Crippen molar-refractivity contribution in [3.05, 3.63) is 170 Å². The molecule has 0 N–H and O–H groups in total. The second kappa shape index (κ2) is 11.1. The molecule has 2 nitrogen and oxygen atoms in total. The van der Waals surface area contributed by atoms with E-state index in [1.165, 1.54) is 26.9 Å². The lowest BCUT2D eigenvalue weighted by atomic mass is 9.98. The van der Waals surface area contributed by atoms with E-state index < -0.39 is 7.92 Å². The minimum atomic E-state index is -1.12. The third kappa shape index (κ3) is 4.50. The largest absolute Gasteiger partial charge is 0.454 e. The lowest BCUT2D eigenvalue weighted by Gasteiger charge is -2.12. The first-order valence-corrected chi connectivity index (χ1v) is 17.1. The van der Waals surface area contributed by atoms with E-state index in [0.717, 1.165) is 55.0 Å². The Kier molecular flexibility index (Phi) is 6.47. The lowest BCUT2D eigenvalue weighted by molar-refractivity contribution is 0.669. The van der Waals surface area contributed by atoms with Crippen molar-refractivity contribution in [1.29, 1.82) is 0 Å². The predicted molar refractivity (Wildman–Crippen MR) is 197 cm³/mol. The van der Waals surface area contributed by atoms with Gasteiger partial charge in [-0.15, -0.1) is 0 Å². The second-order valence-electron chi connectivity index (χ2n) is 11.7. The van der Waals surface area contributed by atoms with E-state index in [2.05, 4.69) is 158 Å². The molecule has 9 rings (SSSR count). The molecule has 0 aliphatic carbocycles. The summed E-state index contributed by atoms with van der Waals surface area (Å²) in [6, 6.07) is 60.9. The molecule has 0 atom stereocenters. The molecule has 46 heavy (non-hydrogen) atoms. The zero-order valence-corrected chi connectivity index (χ0v) is 26.0. The molecular formula is C43H29NOP+. The molecule has 0 bridgehead atoms. The van der Waals surface area contributed by atoms with Crippen molar-refractivity contribution in [2.24, 2.45) is 0 Å². The summed E-state index contributed by atoms with van der Waals surface area (Å²) in [6.45, 7) is 0. The highest BCUT2D eigenvalue weighted by Gasteiger charge is 2.25. The Morgan fingerprint density at radius 3 is 1.83 bits per heavy atom. The zero-order chi connectivity index (χ0) is 30.5. The number of aromatic nitrogens is 1. The molecule has 216 valence electrons. The standard InChI is InChI=1S/C43H28NOP/c1-3-15-33(16-4-1)46(34-17-5-2-6-18-34)35-25-22-29(23-26-35)31-13-11-14-32(28-31)41-43-40(37-20-9-10-21-39(37)45-43)38-27-24-30-12-7-8-19-36(30)42(38)44-41/h1-28H/p+1. The molecular weight excluding hydrogens is 577 g/mol. The van der Waals surface area contributed by atoms with Gasteiger partial charge >= 0.3 is 0 Å². The molecule has 0 unspecified atom stereocenters. The Labute approximate surface area is 268 Å². The Morgan fingerprint density at radius 2 is 1.07 bits per heavy atom. The number of nitrogens with zero attached hydrogens (tertiary/aromatic N) is 1. The fraction of sp³-hybridized carbons (Fsp3) is 0. The van der Waals surface area contributed by atoms with E-state index in [-0.39, 0.29) is 0 Å². The lowest BCUT2D eigenvalue weighted by Crippen LogP contribution is -2.20. The van der Waals surface area contributed by atoms with Crippen molar-refractivity contribution in [3.63, 3.8) is 0 Å². The number of pyridine rings is 1. The third-order valence-corrected chi connectivity index (χ3v) is 11.7. The van der Waals surface area contributed by atoms with E-state index in [0.29, 0.717) is 0 Å². The summed E-state index contributed by atoms with van der Waals surface area (Å²) in [5.74, 6) is 0. The van der Waals surface area contributed by atoms with Gasteiger partial charge in [-0.25, -0.2) is 4.98 Å². The first-order chi connectivity index (χ1) is 22.8. The van der Waals surface area contributed by atoms with Gasteiger partial charge in [0, 0.05) is 27.1 Å². The summed E-state index contributed by atoms with van der Waals surface area (Å²) in [4.78, 5) is 5.35. The summed E-state index contributed by atoms with van der Waals surface area (Å²) in [5, 5.41) is 9.82. The molecule has 0 saturated carbocycles. The number of benzene rings is 7. The first-order valence-electron chi connectivity index (χ1n) is 15.6.